The maximum absolute atomic E-state index is 14.1. The van der Waals surface area contributed by atoms with E-state index in [0.29, 0.717) is 34.1 Å². The molecular formula is C72H111N24O30P3S3. The highest BCUT2D eigenvalue weighted by atomic mass is 32.7. The molecule has 6 aliphatic heterocycles. The van der Waals surface area contributed by atoms with Crippen molar-refractivity contribution in [3.05, 3.63) is 19.0 Å². The molecule has 15 N–H and O–H groups in total. The molecule has 132 heavy (non-hydrogen) atoms. The number of hydrogen-bond donors (Lipinski definition) is 12. The fourth-order valence-electron chi connectivity index (χ4n) is 14.1. The van der Waals surface area contributed by atoms with Crippen molar-refractivity contribution in [1.29, 1.82) is 0 Å². The van der Waals surface area contributed by atoms with Crippen LogP contribution in [0.4, 0.5) is 32.2 Å². The number of ether oxygens (including phenoxy) is 9. The smallest absolute Gasteiger partial charge is 0.327 e. The molecule has 6 aromatic rings. The Morgan fingerprint density at radius 1 is 0.432 bits per heavy atom. The van der Waals surface area contributed by atoms with Crippen LogP contribution in [-0.2, 0) is 84.5 Å². The van der Waals surface area contributed by atoms with Gasteiger partial charge in [0.25, 0.3) is 17.7 Å². The van der Waals surface area contributed by atoms with Gasteiger partial charge >= 0.3 is 56.2 Å². The molecule has 0 spiro atoms. The summed E-state index contributed by atoms with van der Waals surface area (Å²) in [6.07, 6.45) is -9.47. The number of anilines is 3. The second kappa shape index (κ2) is 41.6. The number of urea groups is 3. The molecule has 6 aliphatic rings. The van der Waals surface area contributed by atoms with Crippen LogP contribution in [0.5, 0.6) is 17.6 Å². The van der Waals surface area contributed by atoms with Crippen LogP contribution in [0.3, 0.4) is 0 Å². The molecule has 6 saturated heterocycles. The maximum Gasteiger partial charge on any atom is 0.327 e. The number of nitrogens with zero attached hydrogens (tertiary/aromatic N) is 18. The zero-order chi connectivity index (χ0) is 98.2. The van der Waals surface area contributed by atoms with E-state index in [0.717, 1.165) is 14.7 Å². The number of esters is 3. The Morgan fingerprint density at radius 2 is 0.659 bits per heavy atom. The highest BCUT2D eigenvalue weighted by Crippen LogP contribution is 2.61. The number of nitrogen functional groups attached to an aromatic ring is 3. The molecule has 7 unspecified atom stereocenters. The van der Waals surface area contributed by atoms with Crippen LogP contribution >= 0.6 is 54.3 Å². The number of fused-ring (bicyclic) bond motifs is 3. The third-order valence-corrected chi connectivity index (χ3v) is 33.7. The monoisotopic (exact) mass is 1980 g/mol. The van der Waals surface area contributed by atoms with E-state index in [2.05, 4.69) is 60.1 Å². The molecule has 54 nitrogen and oxygen atoms in total. The average molecular weight is 1980 g/mol. The summed E-state index contributed by atoms with van der Waals surface area (Å²) in [4.78, 5) is 156. The van der Waals surface area contributed by atoms with Gasteiger partial charge in [-0.2, -0.15) is 29.9 Å². The molecular weight excluding hydrogens is 1870 g/mol. The molecule has 0 bridgehead atoms. The van der Waals surface area contributed by atoms with Crippen LogP contribution < -0.4 is 46.7 Å². The first-order chi connectivity index (χ1) is 61.5. The van der Waals surface area contributed by atoms with Gasteiger partial charge < -0.3 is 119 Å². The maximum atomic E-state index is 14.1. The first kappa shape index (κ1) is 105. The lowest BCUT2D eigenvalue weighted by molar-refractivity contribution is -0.149. The summed E-state index contributed by atoms with van der Waals surface area (Å²) < 4.78 is 113. The van der Waals surface area contributed by atoms with Crippen LogP contribution in [0.2, 0.25) is 0 Å². The summed E-state index contributed by atoms with van der Waals surface area (Å²) >= 11 is 2.10. The summed E-state index contributed by atoms with van der Waals surface area (Å²) in [7, 11) is 12.5. The number of amides is 9. The van der Waals surface area contributed by atoms with E-state index >= 15 is 0 Å². The molecule has 60 heteroatoms. The predicted molar refractivity (Wildman–Crippen MR) is 469 cm³/mol. The van der Waals surface area contributed by atoms with Crippen molar-refractivity contribution in [1.82, 2.24) is 103 Å². The third-order valence-electron chi connectivity index (χ3n) is 21.4. The second-order valence-electron chi connectivity index (χ2n) is 32.5. The van der Waals surface area contributed by atoms with E-state index in [1.165, 1.54) is 153 Å². The van der Waals surface area contributed by atoms with Crippen LogP contribution in [-0.4, -0.2) is 381 Å². The molecule has 12 heterocycles. The number of aliphatic hydroxyl groups is 6. The number of rotatable bonds is 36. The van der Waals surface area contributed by atoms with Gasteiger partial charge in [-0.1, -0.05) is 34.1 Å². The van der Waals surface area contributed by atoms with Crippen LogP contribution in [0, 0.1) is 0 Å². The van der Waals surface area contributed by atoms with Gasteiger partial charge in [-0.3, -0.25) is 70.9 Å². The van der Waals surface area contributed by atoms with Gasteiger partial charge in [0, 0.05) is 59.5 Å². The van der Waals surface area contributed by atoms with E-state index in [4.69, 9.17) is 73.4 Å². The summed E-state index contributed by atoms with van der Waals surface area (Å²) in [6.45, 7) is 4.50. The minimum atomic E-state index is -4.06. The van der Waals surface area contributed by atoms with Crippen LogP contribution in [0.1, 0.15) is 102 Å². The number of imide groups is 3. The van der Waals surface area contributed by atoms with Crippen molar-refractivity contribution in [3.8, 4) is 17.6 Å². The fourth-order valence-corrected chi connectivity index (χ4v) is 26.0. The second-order valence-corrected chi connectivity index (χ2v) is 45.5. The van der Waals surface area contributed by atoms with Gasteiger partial charge in [0.15, 0.2) is 52.2 Å². The number of nitrogens with one attached hydrogen (secondary N) is 3. The normalized spacial score (nSPS) is 27.8. The molecule has 21 atom stereocenters. The van der Waals surface area contributed by atoms with Crippen molar-refractivity contribution in [2.75, 3.05) is 118 Å². The zero-order valence-electron chi connectivity index (χ0n) is 75.7. The average Bonchev–Trinajstić information content (AvgIpc) is 1.60. The summed E-state index contributed by atoms with van der Waals surface area (Å²) in [6, 6.07) is -7.67. The number of nitrogens with two attached hydrogens (primary N) is 3. The topological polar surface area (TPSA) is 701 Å². The number of imidazole rings is 3. The minimum absolute atomic E-state index is 0.0951. The Morgan fingerprint density at radius 3 is 0.856 bits per heavy atom. The molecule has 0 radical (unpaired) electrons. The molecule has 0 saturated carbocycles. The lowest BCUT2D eigenvalue weighted by Gasteiger charge is -2.27. The lowest BCUT2D eigenvalue weighted by Crippen LogP contribution is -2.44. The van der Waals surface area contributed by atoms with Crippen molar-refractivity contribution in [3.63, 3.8) is 0 Å². The van der Waals surface area contributed by atoms with Gasteiger partial charge in [0.05, 0.1) is 78.4 Å². The van der Waals surface area contributed by atoms with E-state index in [9.17, 15) is 87.5 Å². The standard InChI is InChI=1S/3C24H37N8O10PS/c3*1-11(2)41-20(35)12(3)29-43(38,44-9-13-19(34)31(6)23(36)30(13)5)40-8-14-16(33)24(4,37)21(42-14)32-10-26-15-17(32)27-22(25)28-18(15)39-7/h3*10-14,16,21,33,37H,8-9H2,1-7H3,(H,29,38)(H2,25,27,28)/t12-,13?,14?,16+,21+,24+,43+;12-,13?,14?,16+,21+,24+,43-;12-,13?,14?,16-,21-,24-,43?/m001/s1. The Labute approximate surface area is 766 Å². The summed E-state index contributed by atoms with van der Waals surface area (Å²) in [5.74, 6) is -4.07. The molecule has 0 aliphatic carbocycles. The van der Waals surface area contributed by atoms with E-state index < -0.39 is 220 Å². The first-order valence-electron chi connectivity index (χ1n) is 40.6. The minimum Gasteiger partial charge on any atom is -0.479 e. The SMILES string of the molecule is COc1nc(N)nc2c1ncn2[C@@H]1OC(COP(=O)(N[C@H](C)C(=O)OC(C)C)SCC2C(=O)N(C)C(=O)N2C)[C@@H](O)[C@@]1(C)O.COc1nc(N)nc2c1ncn2[C@@H]1OC(CO[P@@](=O)(N[C@@H](C)C(=O)OC(C)C)SCC2C(=O)N(C)C(=O)N2C)[C@@H](O)[C@@]1(C)O.COc1nc(N)nc2c1ncn2[C@@H]1OC(CO[P@](=O)(N[C@@H](C)C(=O)OC(C)C)SCC2C(=O)N(C)C(=O)N2C)[C@@H](O)[C@@]1(C)O. The van der Waals surface area contributed by atoms with E-state index in [1.807, 2.05) is 0 Å². The largest absolute Gasteiger partial charge is 0.479 e. The van der Waals surface area contributed by atoms with Crippen molar-refractivity contribution in [2.24, 2.45) is 0 Å². The van der Waals surface area contributed by atoms with Gasteiger partial charge in [-0.25, -0.2) is 44.6 Å². The van der Waals surface area contributed by atoms with Crippen molar-refractivity contribution >= 4 is 159 Å². The quantitative estimate of drug-likeness (QED) is 0.0109. The van der Waals surface area contributed by atoms with Crippen molar-refractivity contribution in [2.45, 2.75) is 210 Å². The van der Waals surface area contributed by atoms with E-state index in [-0.39, 0.29) is 86.2 Å². The molecule has 12 rings (SSSR count). The zero-order valence-corrected chi connectivity index (χ0v) is 80.8. The molecule has 6 fully saturated rings. The molecule has 732 valence electrons. The Kier molecular flexibility index (Phi) is 33.0. The highest BCUT2D eigenvalue weighted by molar-refractivity contribution is 8.56. The first-order valence-corrected chi connectivity index (χ1v) is 50.2. The molecule has 9 amide bonds. The Hall–Kier alpha value is -9.18. The van der Waals surface area contributed by atoms with Gasteiger partial charge in [-0.05, 0) is 83.1 Å². The number of aliphatic hydroxyl groups excluding tert-OH is 3. The number of aromatic nitrogens is 12. The van der Waals surface area contributed by atoms with Crippen LogP contribution in [0.15, 0.2) is 19.0 Å². The van der Waals surface area contributed by atoms with Crippen LogP contribution in [0.25, 0.3) is 33.5 Å². The third kappa shape index (κ3) is 22.3. The van der Waals surface area contributed by atoms with Crippen molar-refractivity contribution < 1.29 is 144 Å². The predicted octanol–water partition coefficient (Wildman–Crippen LogP) is 0.319. The number of hydrogen-bond acceptors (Lipinski definition) is 45. The number of likely N-dealkylation sites (N-methyl/N-ethyl adjacent to an activating group) is 6. The number of methoxy groups -OCH3 is 3. The van der Waals surface area contributed by atoms with Gasteiger partial charge in [-0.15, -0.1) is 0 Å². The molecule has 0 aromatic carbocycles. The number of carbonyl (C=O) groups excluding carboxylic acids is 9. The summed E-state index contributed by atoms with van der Waals surface area (Å²) in [5, 5.41) is 75.0. The summed E-state index contributed by atoms with van der Waals surface area (Å²) in [5.41, 5.74) is 12.9. The Bertz CT molecular complexity index is 4940. The van der Waals surface area contributed by atoms with Gasteiger partial charge in [0.1, 0.15) is 89.7 Å². The lowest BCUT2D eigenvalue weighted by atomic mass is 9.96. The fraction of sp³-hybridized carbons (Fsp3) is 0.667. The van der Waals surface area contributed by atoms with E-state index in [1.54, 1.807) is 41.5 Å². The highest BCUT2D eigenvalue weighted by Gasteiger charge is 2.58. The number of carbonyl (C=O) groups is 9. The molecule has 6 aromatic heterocycles. The Balaban J connectivity index is 0.000000205. The van der Waals surface area contributed by atoms with Gasteiger partial charge in [0.2, 0.25) is 35.5 Å².